The van der Waals surface area contributed by atoms with Crippen LogP contribution < -0.4 is 9.47 Å². The van der Waals surface area contributed by atoms with Crippen molar-refractivity contribution in [1.29, 1.82) is 0 Å². The zero-order valence-corrected chi connectivity index (χ0v) is 40.9. The number of Topliss-reactive ketones (excluding diaryl/α,β-unsaturated/α-hetero) is 1. The predicted molar refractivity (Wildman–Crippen MR) is 249 cm³/mol. The summed E-state index contributed by atoms with van der Waals surface area (Å²) in [5, 5.41) is 14.3. The van der Waals surface area contributed by atoms with Gasteiger partial charge in [0.05, 0.1) is 65.5 Å². The number of carbonyl (C=O) groups excluding carboxylic acids is 3. The molecule has 1 amide bonds. The summed E-state index contributed by atoms with van der Waals surface area (Å²) >= 11 is 8.76. The number of ether oxygens (including phenoxy) is 4. The van der Waals surface area contributed by atoms with Gasteiger partial charge in [0, 0.05) is 54.7 Å². The summed E-state index contributed by atoms with van der Waals surface area (Å²) in [6, 6.07) is 4.58. The number of carboxylic acids is 1. The number of benzene rings is 1. The monoisotopic (exact) mass is 934 g/mol. The van der Waals surface area contributed by atoms with Gasteiger partial charge in [0.1, 0.15) is 35.3 Å². The van der Waals surface area contributed by atoms with E-state index in [9.17, 15) is 24.3 Å². The SMILES string of the molecule is CC[C@@H]1C[C@]1(CC(=O)[C@@H]1C[C@@H](Oc2cc(-c3csc(CC(C)C)n3)nc3c(Cl)c(OCCN4CCOCC4(C)C)ccc23)CN1C(=O)[C@@H](CC(=O)OC1C[C@@H]2C[C@@H]2C1)C(C)(C)C)C(=O)O. The van der Waals surface area contributed by atoms with E-state index in [4.69, 9.17) is 40.5 Å². The highest BCUT2D eigenvalue weighted by Gasteiger charge is 2.61. The molecular formula is C50H67ClN4O9S. The molecule has 3 aliphatic carbocycles. The standard InChI is InChI=1S/C50H67ClN4O9S/c1-9-31-23-50(31,47(59)60)24-39(56)38-20-33(25-55(38)46(58)35(48(4,5)6)21-43(57)64-32-18-29-17-30(29)19-32)63-41-22-36(37-26-65-42(52-37)16-28(2)3)53-45-34(41)10-11-40(44(45)51)62-15-13-54-12-14-61-27-49(54,7)8/h10-11,22,26,28-33,35,38H,9,12-21,23-25,27H2,1-8H3,(H,59,60)/t29-,30+,31-,32?,33-,35-,38+,50-/m1/s1. The molecule has 0 bridgehead atoms. The molecule has 8 rings (SSSR count). The topological polar surface area (TPSA) is 158 Å². The minimum atomic E-state index is -1.15. The Bertz CT molecular complexity index is 2280. The Morgan fingerprint density at radius 1 is 1.03 bits per heavy atom. The molecule has 0 radical (unpaired) electrons. The van der Waals surface area contributed by atoms with Crippen LogP contribution in [0.2, 0.25) is 5.02 Å². The molecule has 65 heavy (non-hydrogen) atoms. The molecule has 0 spiro atoms. The number of halogens is 1. The van der Waals surface area contributed by atoms with E-state index < -0.39 is 40.8 Å². The van der Waals surface area contributed by atoms with Gasteiger partial charge in [0.25, 0.3) is 0 Å². The Hall–Kier alpha value is -3.85. The van der Waals surface area contributed by atoms with Gasteiger partial charge in [-0.15, -0.1) is 11.3 Å². The minimum absolute atomic E-state index is 0.0569. The van der Waals surface area contributed by atoms with Gasteiger partial charge in [-0.25, -0.2) is 9.97 Å². The lowest BCUT2D eigenvalue weighted by atomic mass is 9.77. The lowest BCUT2D eigenvalue weighted by Gasteiger charge is -2.41. The summed E-state index contributed by atoms with van der Waals surface area (Å²) in [5.41, 5.74) is -0.226. The maximum absolute atomic E-state index is 14.9. The molecule has 1 aromatic carbocycles. The molecule has 4 heterocycles. The first-order valence-corrected chi connectivity index (χ1v) is 25.0. The van der Waals surface area contributed by atoms with E-state index in [1.54, 1.807) is 16.2 Å². The second-order valence-electron chi connectivity index (χ2n) is 21.6. The van der Waals surface area contributed by atoms with Crippen molar-refractivity contribution in [2.45, 2.75) is 137 Å². The van der Waals surface area contributed by atoms with E-state index in [0.29, 0.717) is 95.8 Å². The van der Waals surface area contributed by atoms with Crippen LogP contribution in [0, 0.1) is 40.4 Å². The Balaban J connectivity index is 1.09. The van der Waals surface area contributed by atoms with Gasteiger partial charge in [-0.1, -0.05) is 59.6 Å². The van der Waals surface area contributed by atoms with Crippen LogP contribution in [-0.2, 0) is 35.1 Å². The Morgan fingerprint density at radius 3 is 2.45 bits per heavy atom. The van der Waals surface area contributed by atoms with Crippen molar-refractivity contribution in [3.8, 4) is 22.9 Å². The number of carboxylic acid groups (broad SMARTS) is 1. The zero-order chi connectivity index (χ0) is 46.6. The third-order valence-corrected chi connectivity index (χ3v) is 16.0. The number of fused-ring (bicyclic) bond motifs is 2. The third kappa shape index (κ3) is 10.4. The number of amides is 1. The highest BCUT2D eigenvalue weighted by molar-refractivity contribution is 7.09. The fourth-order valence-electron chi connectivity index (χ4n) is 10.6. The first-order chi connectivity index (χ1) is 30.8. The van der Waals surface area contributed by atoms with Gasteiger partial charge in [-0.3, -0.25) is 24.1 Å². The largest absolute Gasteiger partial charge is 0.491 e. The second kappa shape index (κ2) is 18.7. The van der Waals surface area contributed by atoms with Gasteiger partial charge in [0.15, 0.2) is 5.78 Å². The molecule has 13 nitrogen and oxygen atoms in total. The number of aromatic nitrogens is 2. The number of pyridine rings is 1. The van der Waals surface area contributed by atoms with Crippen LogP contribution in [-0.4, -0.2) is 112 Å². The van der Waals surface area contributed by atoms with Crippen molar-refractivity contribution in [3.63, 3.8) is 0 Å². The van der Waals surface area contributed by atoms with E-state index in [2.05, 4.69) is 32.6 Å². The third-order valence-electron chi connectivity index (χ3n) is 14.7. The molecule has 5 aliphatic rings. The number of hydrogen-bond acceptors (Lipinski definition) is 12. The molecule has 8 atom stereocenters. The van der Waals surface area contributed by atoms with E-state index in [0.717, 1.165) is 30.8 Å². The maximum atomic E-state index is 14.9. The number of esters is 1. The average Bonchev–Trinajstić information content (AvgIpc) is 3.91. The minimum Gasteiger partial charge on any atom is -0.491 e. The van der Waals surface area contributed by atoms with E-state index in [1.807, 2.05) is 51.3 Å². The Labute approximate surface area is 392 Å². The zero-order valence-electron chi connectivity index (χ0n) is 39.3. The Morgan fingerprint density at radius 2 is 1.78 bits per heavy atom. The number of thiazole rings is 1. The van der Waals surface area contributed by atoms with Crippen molar-refractivity contribution in [2.75, 3.05) is 39.5 Å². The summed E-state index contributed by atoms with van der Waals surface area (Å²) in [7, 11) is 0. The van der Waals surface area contributed by atoms with Gasteiger partial charge < -0.3 is 29.0 Å². The number of morpholine rings is 1. The van der Waals surface area contributed by atoms with Gasteiger partial charge in [-0.2, -0.15) is 0 Å². The molecule has 1 N–H and O–H groups in total. The first kappa shape index (κ1) is 47.6. The highest BCUT2D eigenvalue weighted by atomic mass is 35.5. The molecule has 15 heteroatoms. The normalized spacial score (nSPS) is 27.7. The van der Waals surface area contributed by atoms with Crippen molar-refractivity contribution >= 4 is 57.5 Å². The fraction of sp³-hybridized carbons (Fsp3) is 0.680. The second-order valence-corrected chi connectivity index (χ2v) is 22.9. The molecule has 2 saturated heterocycles. The van der Waals surface area contributed by atoms with Gasteiger partial charge in [-0.05, 0) is 80.8 Å². The van der Waals surface area contributed by atoms with Gasteiger partial charge >= 0.3 is 11.9 Å². The summed E-state index contributed by atoms with van der Waals surface area (Å²) in [5.74, 6) is -0.324. The molecule has 2 aromatic heterocycles. The summed E-state index contributed by atoms with van der Waals surface area (Å²) in [4.78, 5) is 69.5. The van der Waals surface area contributed by atoms with Crippen LogP contribution in [0.1, 0.15) is 112 Å². The van der Waals surface area contributed by atoms with E-state index in [-0.39, 0.29) is 55.1 Å². The smallest absolute Gasteiger partial charge is 0.310 e. The molecular weight excluding hydrogens is 868 g/mol. The number of rotatable bonds is 18. The van der Waals surface area contributed by atoms with Gasteiger partial charge in [0.2, 0.25) is 5.91 Å². The van der Waals surface area contributed by atoms with Crippen LogP contribution in [0.25, 0.3) is 22.3 Å². The molecule has 5 fully saturated rings. The Kier molecular flexibility index (Phi) is 13.7. The number of ketones is 1. The van der Waals surface area contributed by atoms with Crippen molar-refractivity contribution in [1.82, 2.24) is 19.8 Å². The molecule has 1 unspecified atom stereocenters. The average molecular weight is 936 g/mol. The first-order valence-electron chi connectivity index (χ1n) is 23.7. The van der Waals surface area contributed by atoms with Crippen molar-refractivity contribution in [3.05, 3.63) is 33.6 Å². The maximum Gasteiger partial charge on any atom is 0.310 e. The van der Waals surface area contributed by atoms with Crippen LogP contribution >= 0.6 is 22.9 Å². The summed E-state index contributed by atoms with van der Waals surface area (Å²) in [6.45, 7) is 19.6. The van der Waals surface area contributed by atoms with E-state index in [1.165, 1.54) is 6.42 Å². The lowest BCUT2D eigenvalue weighted by molar-refractivity contribution is -0.157. The number of likely N-dealkylation sites (tertiary alicyclic amines) is 1. The number of aliphatic carboxylic acids is 1. The fourth-order valence-corrected chi connectivity index (χ4v) is 11.9. The van der Waals surface area contributed by atoms with E-state index >= 15 is 0 Å². The molecule has 3 saturated carbocycles. The number of carbonyl (C=O) groups is 4. The van der Waals surface area contributed by atoms with Crippen LogP contribution in [0.4, 0.5) is 0 Å². The summed E-state index contributed by atoms with van der Waals surface area (Å²) in [6.07, 6.45) is 3.88. The lowest BCUT2D eigenvalue weighted by Crippen LogP contribution is -2.54. The summed E-state index contributed by atoms with van der Waals surface area (Å²) < 4.78 is 24.9. The quantitative estimate of drug-likeness (QED) is 0.121. The predicted octanol–water partition coefficient (Wildman–Crippen LogP) is 8.90. The van der Waals surface area contributed by atoms with Crippen LogP contribution in [0.3, 0.4) is 0 Å². The molecule has 354 valence electrons. The highest BCUT2D eigenvalue weighted by Crippen LogP contribution is 2.58. The van der Waals surface area contributed by atoms with Crippen molar-refractivity contribution in [2.24, 2.45) is 40.4 Å². The number of hydrogen-bond donors (Lipinski definition) is 1. The number of nitrogens with zero attached hydrogens (tertiary/aromatic N) is 4. The molecule has 2 aliphatic heterocycles. The van der Waals surface area contributed by atoms with Crippen LogP contribution in [0.15, 0.2) is 23.6 Å². The van der Waals surface area contributed by atoms with Crippen LogP contribution in [0.5, 0.6) is 11.5 Å². The molecule has 3 aromatic rings. The van der Waals surface area contributed by atoms with Crippen molar-refractivity contribution < 1.29 is 43.2 Å².